The van der Waals surface area contributed by atoms with Crippen molar-refractivity contribution in [3.63, 3.8) is 0 Å². The summed E-state index contributed by atoms with van der Waals surface area (Å²) >= 11 is 0. The zero-order valence-corrected chi connectivity index (χ0v) is 17.3. The smallest absolute Gasteiger partial charge is 0.261 e. The number of amides is 3. The van der Waals surface area contributed by atoms with Gasteiger partial charge in [0.15, 0.2) is 0 Å². The highest BCUT2D eigenvalue weighted by molar-refractivity contribution is 6.21. The maximum Gasteiger partial charge on any atom is 0.261 e. The van der Waals surface area contributed by atoms with Crippen LogP contribution in [0.2, 0.25) is 0 Å². The Balaban J connectivity index is 1.64. The van der Waals surface area contributed by atoms with Gasteiger partial charge in [0.2, 0.25) is 0 Å². The van der Waals surface area contributed by atoms with Gasteiger partial charge in [-0.25, -0.2) is 4.39 Å². The molecule has 0 aliphatic carbocycles. The van der Waals surface area contributed by atoms with Gasteiger partial charge >= 0.3 is 0 Å². The van der Waals surface area contributed by atoms with Crippen molar-refractivity contribution in [1.29, 1.82) is 0 Å². The van der Waals surface area contributed by atoms with Gasteiger partial charge in [0.1, 0.15) is 5.82 Å². The van der Waals surface area contributed by atoms with E-state index < -0.39 is 5.82 Å². The molecule has 5 nitrogen and oxygen atoms in total. The van der Waals surface area contributed by atoms with E-state index in [0.717, 1.165) is 11.1 Å². The van der Waals surface area contributed by atoms with E-state index in [4.69, 9.17) is 0 Å². The second-order valence-corrected chi connectivity index (χ2v) is 7.56. The largest absolute Gasteiger partial charge is 0.306 e. The SMILES string of the molecule is Cc1ccc(N(CCN2C(=O)c3ccccc3C2=O)C(=O)c2ccc(F)cc2)c(C)c1. The summed E-state index contributed by atoms with van der Waals surface area (Å²) in [7, 11) is 0. The van der Waals surface area contributed by atoms with Crippen molar-refractivity contribution in [1.82, 2.24) is 4.90 Å². The molecule has 0 atom stereocenters. The molecule has 0 fully saturated rings. The van der Waals surface area contributed by atoms with Crippen molar-refractivity contribution in [3.8, 4) is 0 Å². The van der Waals surface area contributed by atoms with Crippen LogP contribution in [-0.4, -0.2) is 35.7 Å². The molecule has 3 aromatic carbocycles. The van der Waals surface area contributed by atoms with Crippen molar-refractivity contribution in [2.24, 2.45) is 0 Å². The summed E-state index contributed by atoms with van der Waals surface area (Å²) in [4.78, 5) is 41.4. The van der Waals surface area contributed by atoms with Crippen molar-refractivity contribution >= 4 is 23.4 Å². The first kappa shape index (κ1) is 20.5. The van der Waals surface area contributed by atoms with E-state index in [2.05, 4.69) is 0 Å². The lowest BCUT2D eigenvalue weighted by molar-refractivity contribution is 0.0654. The Bertz CT molecular complexity index is 1150. The van der Waals surface area contributed by atoms with Gasteiger partial charge in [0, 0.05) is 24.3 Å². The second-order valence-electron chi connectivity index (χ2n) is 7.56. The lowest BCUT2D eigenvalue weighted by Gasteiger charge is -2.27. The zero-order chi connectivity index (χ0) is 22.1. The average Bonchev–Trinajstić information content (AvgIpc) is 3.00. The molecule has 0 unspecified atom stereocenters. The standard InChI is InChI=1S/C25H21FN2O3/c1-16-7-12-22(17(2)15-16)27(23(29)18-8-10-19(26)11-9-18)13-14-28-24(30)20-5-3-4-6-21(20)25(28)31/h3-12,15H,13-14H2,1-2H3. The Morgan fingerprint density at radius 3 is 2.10 bits per heavy atom. The van der Waals surface area contributed by atoms with Crippen LogP contribution in [0.3, 0.4) is 0 Å². The number of carbonyl (C=O) groups is 3. The molecule has 3 aromatic rings. The van der Waals surface area contributed by atoms with Crippen LogP contribution >= 0.6 is 0 Å². The fourth-order valence-electron chi connectivity index (χ4n) is 3.83. The summed E-state index contributed by atoms with van der Waals surface area (Å²) in [6.45, 7) is 4.02. The van der Waals surface area contributed by atoms with E-state index in [1.54, 1.807) is 24.3 Å². The number of hydrogen-bond acceptors (Lipinski definition) is 3. The summed E-state index contributed by atoms with van der Waals surface area (Å²) in [6, 6.07) is 17.7. The molecule has 0 spiro atoms. The van der Waals surface area contributed by atoms with Crippen LogP contribution in [0.5, 0.6) is 0 Å². The number of nitrogens with zero attached hydrogens (tertiary/aromatic N) is 2. The first-order valence-corrected chi connectivity index (χ1v) is 9.96. The third kappa shape index (κ3) is 3.84. The van der Waals surface area contributed by atoms with Gasteiger partial charge in [-0.3, -0.25) is 19.3 Å². The molecule has 0 saturated carbocycles. The molecule has 156 valence electrons. The Kier molecular flexibility index (Phi) is 5.38. The van der Waals surface area contributed by atoms with Gasteiger partial charge in [-0.1, -0.05) is 29.8 Å². The summed E-state index contributed by atoms with van der Waals surface area (Å²) in [5.41, 5.74) is 3.68. The number of hydrogen-bond donors (Lipinski definition) is 0. The van der Waals surface area contributed by atoms with Crippen molar-refractivity contribution in [2.75, 3.05) is 18.0 Å². The van der Waals surface area contributed by atoms with Gasteiger partial charge in [-0.15, -0.1) is 0 Å². The van der Waals surface area contributed by atoms with E-state index in [0.29, 0.717) is 22.4 Å². The summed E-state index contributed by atoms with van der Waals surface area (Å²) in [6.07, 6.45) is 0. The molecule has 1 aliphatic rings. The van der Waals surface area contributed by atoms with Gasteiger partial charge < -0.3 is 4.90 Å². The van der Waals surface area contributed by atoms with Crippen LogP contribution < -0.4 is 4.90 Å². The molecule has 4 rings (SSSR count). The van der Waals surface area contributed by atoms with E-state index >= 15 is 0 Å². The van der Waals surface area contributed by atoms with E-state index in [1.807, 2.05) is 32.0 Å². The topological polar surface area (TPSA) is 57.7 Å². The summed E-state index contributed by atoms with van der Waals surface area (Å²) in [5, 5.41) is 0. The molecule has 6 heteroatoms. The van der Waals surface area contributed by atoms with Crippen LogP contribution in [0.4, 0.5) is 10.1 Å². The molecule has 0 radical (unpaired) electrons. The van der Waals surface area contributed by atoms with Gasteiger partial charge in [0.05, 0.1) is 11.1 Å². The Labute approximate surface area is 179 Å². The lowest BCUT2D eigenvalue weighted by Crippen LogP contribution is -2.41. The normalized spacial score (nSPS) is 12.8. The highest BCUT2D eigenvalue weighted by Crippen LogP contribution is 2.26. The number of fused-ring (bicyclic) bond motifs is 1. The third-order valence-corrected chi connectivity index (χ3v) is 5.40. The van der Waals surface area contributed by atoms with Crippen LogP contribution in [0.25, 0.3) is 0 Å². The minimum Gasteiger partial charge on any atom is -0.306 e. The van der Waals surface area contributed by atoms with Crippen LogP contribution in [0, 0.1) is 19.7 Å². The first-order valence-electron chi connectivity index (χ1n) is 9.96. The average molecular weight is 416 g/mol. The molecule has 3 amide bonds. The number of carbonyl (C=O) groups excluding carboxylic acids is 3. The Morgan fingerprint density at radius 1 is 0.903 bits per heavy atom. The monoisotopic (exact) mass is 416 g/mol. The maximum absolute atomic E-state index is 13.3. The van der Waals surface area contributed by atoms with Crippen molar-refractivity contribution in [2.45, 2.75) is 13.8 Å². The van der Waals surface area contributed by atoms with Crippen molar-refractivity contribution < 1.29 is 18.8 Å². The summed E-state index contributed by atoms with van der Waals surface area (Å²) in [5.74, 6) is -1.49. The quantitative estimate of drug-likeness (QED) is 0.580. The number of imide groups is 1. The lowest BCUT2D eigenvalue weighted by atomic mass is 10.1. The molecule has 0 N–H and O–H groups in total. The fourth-order valence-corrected chi connectivity index (χ4v) is 3.83. The second kappa shape index (κ2) is 8.14. The minimum atomic E-state index is -0.430. The van der Waals surface area contributed by atoms with Gasteiger partial charge in [0.25, 0.3) is 17.7 Å². The zero-order valence-electron chi connectivity index (χ0n) is 17.3. The molecule has 31 heavy (non-hydrogen) atoms. The molecular weight excluding hydrogens is 395 g/mol. The maximum atomic E-state index is 13.3. The molecule has 0 bridgehead atoms. The predicted octanol–water partition coefficient (Wildman–Crippen LogP) is 4.39. The van der Waals surface area contributed by atoms with Crippen LogP contribution in [0.15, 0.2) is 66.7 Å². The Morgan fingerprint density at radius 2 is 1.52 bits per heavy atom. The molecule has 0 aromatic heterocycles. The van der Waals surface area contributed by atoms with E-state index in [9.17, 15) is 18.8 Å². The summed E-state index contributed by atoms with van der Waals surface area (Å²) < 4.78 is 13.3. The van der Waals surface area contributed by atoms with E-state index in [1.165, 1.54) is 34.1 Å². The molecule has 0 saturated heterocycles. The molecular formula is C25H21FN2O3. The first-order chi connectivity index (χ1) is 14.9. The predicted molar refractivity (Wildman–Crippen MR) is 116 cm³/mol. The highest BCUT2D eigenvalue weighted by Gasteiger charge is 2.35. The number of halogens is 1. The number of benzene rings is 3. The van der Waals surface area contributed by atoms with Crippen LogP contribution in [-0.2, 0) is 0 Å². The fraction of sp³-hybridized carbons (Fsp3) is 0.160. The van der Waals surface area contributed by atoms with Gasteiger partial charge in [-0.2, -0.15) is 0 Å². The minimum absolute atomic E-state index is 0.0482. The Hall–Kier alpha value is -3.80. The van der Waals surface area contributed by atoms with E-state index in [-0.39, 0.29) is 30.8 Å². The number of rotatable bonds is 5. The van der Waals surface area contributed by atoms with Gasteiger partial charge in [-0.05, 0) is 61.9 Å². The molecule has 1 aliphatic heterocycles. The van der Waals surface area contributed by atoms with Crippen molar-refractivity contribution in [3.05, 3.63) is 100 Å². The highest BCUT2D eigenvalue weighted by atomic mass is 19.1. The number of aryl methyl sites for hydroxylation is 2. The van der Waals surface area contributed by atoms with Crippen LogP contribution in [0.1, 0.15) is 42.2 Å². The number of anilines is 1. The molecule has 1 heterocycles. The third-order valence-electron chi connectivity index (χ3n) is 5.40.